The molecule has 2 aromatic rings. The smallest absolute Gasteiger partial charge is 0.319 e. The van der Waals surface area contributed by atoms with Gasteiger partial charge in [0.25, 0.3) is 0 Å². The van der Waals surface area contributed by atoms with E-state index in [1.807, 2.05) is 6.07 Å². The predicted octanol–water partition coefficient (Wildman–Crippen LogP) is 3.25. The molecule has 0 radical (unpaired) electrons. The minimum atomic E-state index is -0.299. The second-order valence-corrected chi connectivity index (χ2v) is 4.83. The van der Waals surface area contributed by atoms with Gasteiger partial charge >= 0.3 is 6.03 Å². The number of urea groups is 1. The molecule has 2 amide bonds. The van der Waals surface area contributed by atoms with Gasteiger partial charge in [-0.05, 0) is 42.0 Å². The van der Waals surface area contributed by atoms with Crippen molar-refractivity contribution in [3.63, 3.8) is 0 Å². The van der Waals surface area contributed by atoms with Crippen LogP contribution in [0.25, 0.3) is 0 Å². The summed E-state index contributed by atoms with van der Waals surface area (Å²) in [4.78, 5) is 11.8. The van der Waals surface area contributed by atoms with Crippen LogP contribution in [0.1, 0.15) is 5.56 Å². The molecular formula is C15H16ClN3O2. The van der Waals surface area contributed by atoms with E-state index in [1.54, 1.807) is 43.5 Å². The summed E-state index contributed by atoms with van der Waals surface area (Å²) in [5.74, 6) is 0.615. The molecule has 0 atom stereocenters. The number of nitrogens with two attached hydrogens (primary N) is 1. The van der Waals surface area contributed by atoms with E-state index in [0.717, 1.165) is 5.56 Å². The van der Waals surface area contributed by atoms with Crippen molar-refractivity contribution in [3.8, 4) is 5.75 Å². The van der Waals surface area contributed by atoms with Gasteiger partial charge in [-0.1, -0.05) is 17.7 Å². The zero-order chi connectivity index (χ0) is 15.2. The van der Waals surface area contributed by atoms with Gasteiger partial charge in [0.05, 0.1) is 12.8 Å². The highest BCUT2D eigenvalue weighted by Crippen LogP contribution is 2.21. The Balaban J connectivity index is 1.89. The molecule has 0 fully saturated rings. The minimum Gasteiger partial charge on any atom is -0.495 e. The topological polar surface area (TPSA) is 76.4 Å². The number of halogens is 1. The van der Waals surface area contributed by atoms with Crippen molar-refractivity contribution in [1.82, 2.24) is 5.32 Å². The highest BCUT2D eigenvalue weighted by molar-refractivity contribution is 6.30. The van der Waals surface area contributed by atoms with Crippen molar-refractivity contribution >= 4 is 29.0 Å². The van der Waals surface area contributed by atoms with Gasteiger partial charge in [-0.25, -0.2) is 4.79 Å². The molecule has 0 aliphatic carbocycles. The number of carbonyl (C=O) groups excluding carboxylic acids is 1. The summed E-state index contributed by atoms with van der Waals surface area (Å²) >= 11 is 5.78. The number of methoxy groups -OCH3 is 1. The van der Waals surface area contributed by atoms with Gasteiger partial charge in [0.1, 0.15) is 5.75 Å². The summed E-state index contributed by atoms with van der Waals surface area (Å²) in [5, 5.41) is 6.08. The normalized spacial score (nSPS) is 10.0. The van der Waals surface area contributed by atoms with Gasteiger partial charge in [-0.3, -0.25) is 0 Å². The SMILES string of the molecule is COc1ccc(CNC(=O)Nc2ccc(Cl)cc2)cc1N. The lowest BCUT2D eigenvalue weighted by molar-refractivity contribution is 0.251. The average molecular weight is 306 g/mol. The Morgan fingerprint density at radius 1 is 1.24 bits per heavy atom. The van der Waals surface area contributed by atoms with E-state index in [0.29, 0.717) is 28.7 Å². The first-order valence-corrected chi connectivity index (χ1v) is 6.69. The van der Waals surface area contributed by atoms with Gasteiger partial charge in [-0.2, -0.15) is 0 Å². The largest absolute Gasteiger partial charge is 0.495 e. The van der Waals surface area contributed by atoms with Gasteiger partial charge < -0.3 is 21.1 Å². The summed E-state index contributed by atoms with van der Waals surface area (Å²) < 4.78 is 5.08. The highest BCUT2D eigenvalue weighted by Gasteiger charge is 2.04. The molecule has 2 rings (SSSR count). The molecule has 0 saturated heterocycles. The van der Waals surface area contributed by atoms with E-state index in [2.05, 4.69) is 10.6 Å². The molecule has 0 aliphatic rings. The van der Waals surface area contributed by atoms with Crippen molar-refractivity contribution in [2.45, 2.75) is 6.54 Å². The zero-order valence-corrected chi connectivity index (χ0v) is 12.3. The predicted molar refractivity (Wildman–Crippen MR) is 84.7 cm³/mol. The monoisotopic (exact) mass is 305 g/mol. The van der Waals surface area contributed by atoms with E-state index < -0.39 is 0 Å². The number of hydrogen-bond acceptors (Lipinski definition) is 3. The Kier molecular flexibility index (Phi) is 4.90. The third-order valence-electron chi connectivity index (χ3n) is 2.85. The second-order valence-electron chi connectivity index (χ2n) is 4.39. The fourth-order valence-electron chi connectivity index (χ4n) is 1.78. The van der Waals surface area contributed by atoms with Crippen LogP contribution in [0.5, 0.6) is 5.75 Å². The lowest BCUT2D eigenvalue weighted by Gasteiger charge is -2.09. The average Bonchev–Trinajstić information content (AvgIpc) is 2.48. The van der Waals surface area contributed by atoms with Crippen LogP contribution in [0.2, 0.25) is 5.02 Å². The maximum absolute atomic E-state index is 11.8. The van der Waals surface area contributed by atoms with Crippen LogP contribution in [-0.2, 0) is 6.54 Å². The van der Waals surface area contributed by atoms with Crippen LogP contribution in [0.15, 0.2) is 42.5 Å². The molecule has 0 spiro atoms. The molecule has 110 valence electrons. The zero-order valence-electron chi connectivity index (χ0n) is 11.5. The fourth-order valence-corrected chi connectivity index (χ4v) is 1.91. The number of nitrogens with one attached hydrogen (secondary N) is 2. The first-order valence-electron chi connectivity index (χ1n) is 6.31. The van der Waals surface area contributed by atoms with Crippen molar-refractivity contribution in [2.75, 3.05) is 18.2 Å². The van der Waals surface area contributed by atoms with Crippen LogP contribution in [0, 0.1) is 0 Å². The number of amides is 2. The van der Waals surface area contributed by atoms with Gasteiger partial charge in [0.2, 0.25) is 0 Å². The summed E-state index contributed by atoms with van der Waals surface area (Å²) in [6.07, 6.45) is 0. The quantitative estimate of drug-likeness (QED) is 0.759. The van der Waals surface area contributed by atoms with Crippen LogP contribution >= 0.6 is 11.6 Å². The van der Waals surface area contributed by atoms with Crippen molar-refractivity contribution < 1.29 is 9.53 Å². The van der Waals surface area contributed by atoms with Crippen LogP contribution in [0.4, 0.5) is 16.2 Å². The number of nitrogen functional groups attached to an aromatic ring is 1. The standard InChI is InChI=1S/C15H16ClN3O2/c1-21-14-7-2-10(8-13(14)17)9-18-15(20)19-12-5-3-11(16)4-6-12/h2-8H,9,17H2,1H3,(H2,18,19,20). The van der Waals surface area contributed by atoms with Crippen molar-refractivity contribution in [1.29, 1.82) is 0 Å². The molecule has 2 aromatic carbocycles. The maximum atomic E-state index is 11.8. The summed E-state index contributed by atoms with van der Waals surface area (Å²) in [5.41, 5.74) is 7.91. The van der Waals surface area contributed by atoms with Gasteiger partial charge in [-0.15, -0.1) is 0 Å². The molecule has 0 saturated carbocycles. The lowest BCUT2D eigenvalue weighted by atomic mass is 10.2. The van der Waals surface area contributed by atoms with E-state index in [1.165, 1.54) is 0 Å². The lowest BCUT2D eigenvalue weighted by Crippen LogP contribution is -2.28. The molecule has 5 nitrogen and oxygen atoms in total. The minimum absolute atomic E-state index is 0.299. The Labute approximate surface area is 128 Å². The molecule has 0 heterocycles. The summed E-state index contributed by atoms with van der Waals surface area (Å²) in [6, 6.07) is 12.0. The van der Waals surface area contributed by atoms with E-state index in [9.17, 15) is 4.79 Å². The Bertz CT molecular complexity index is 629. The molecule has 0 unspecified atom stereocenters. The second kappa shape index (κ2) is 6.85. The van der Waals surface area contributed by atoms with Gasteiger partial charge in [0, 0.05) is 17.3 Å². The van der Waals surface area contributed by atoms with E-state index in [4.69, 9.17) is 22.1 Å². The number of anilines is 2. The number of ether oxygens (including phenoxy) is 1. The Hall–Kier alpha value is -2.40. The van der Waals surface area contributed by atoms with Crippen molar-refractivity contribution in [2.24, 2.45) is 0 Å². The van der Waals surface area contributed by atoms with Gasteiger partial charge in [0.15, 0.2) is 0 Å². The van der Waals surface area contributed by atoms with Crippen LogP contribution in [0.3, 0.4) is 0 Å². The molecule has 0 aliphatic heterocycles. The Morgan fingerprint density at radius 3 is 2.57 bits per heavy atom. The first kappa shape index (κ1) is 15.0. The number of carbonyl (C=O) groups is 1. The van der Waals surface area contributed by atoms with Crippen LogP contribution in [-0.4, -0.2) is 13.1 Å². The Morgan fingerprint density at radius 2 is 1.95 bits per heavy atom. The summed E-state index contributed by atoms with van der Waals surface area (Å²) in [7, 11) is 1.56. The molecular weight excluding hydrogens is 290 g/mol. The first-order chi connectivity index (χ1) is 10.1. The van der Waals surface area contributed by atoms with Crippen molar-refractivity contribution in [3.05, 3.63) is 53.1 Å². The molecule has 4 N–H and O–H groups in total. The fraction of sp³-hybridized carbons (Fsp3) is 0.133. The number of hydrogen-bond donors (Lipinski definition) is 3. The third kappa shape index (κ3) is 4.29. The van der Waals surface area contributed by atoms with E-state index in [-0.39, 0.29) is 6.03 Å². The molecule has 0 aromatic heterocycles. The summed E-state index contributed by atoms with van der Waals surface area (Å²) in [6.45, 7) is 0.369. The molecule has 21 heavy (non-hydrogen) atoms. The third-order valence-corrected chi connectivity index (χ3v) is 3.10. The molecule has 6 heteroatoms. The maximum Gasteiger partial charge on any atom is 0.319 e. The van der Waals surface area contributed by atoms with E-state index >= 15 is 0 Å². The highest BCUT2D eigenvalue weighted by atomic mass is 35.5. The number of rotatable bonds is 4. The number of benzene rings is 2. The molecule has 0 bridgehead atoms. The van der Waals surface area contributed by atoms with Crippen LogP contribution < -0.4 is 21.1 Å².